The molecule has 4 nitrogen and oxygen atoms in total. The Balaban J connectivity index is 2.00. The van der Waals surface area contributed by atoms with E-state index in [0.29, 0.717) is 38.2 Å². The van der Waals surface area contributed by atoms with Crippen LogP contribution in [0.15, 0.2) is 28.7 Å². The molecule has 1 aromatic rings. The van der Waals surface area contributed by atoms with Crippen molar-refractivity contribution in [3.05, 3.63) is 34.3 Å². The third-order valence-corrected chi connectivity index (χ3v) is 3.92. The molecule has 0 bridgehead atoms. The highest BCUT2D eigenvalue weighted by molar-refractivity contribution is 9.10. The van der Waals surface area contributed by atoms with Crippen molar-refractivity contribution in [3.63, 3.8) is 0 Å². The first-order valence-corrected chi connectivity index (χ1v) is 7.11. The minimum atomic E-state index is -0.821. The number of benzene rings is 1. The third kappa shape index (κ3) is 3.78. The molecule has 5 heteroatoms. The van der Waals surface area contributed by atoms with Crippen molar-refractivity contribution in [2.75, 3.05) is 26.8 Å². The zero-order chi connectivity index (χ0) is 13.9. The van der Waals surface area contributed by atoms with Gasteiger partial charge in [-0.3, -0.25) is 4.79 Å². The maximum atomic E-state index is 12.2. The molecule has 0 unspecified atom stereocenters. The van der Waals surface area contributed by atoms with E-state index < -0.39 is 5.60 Å². The van der Waals surface area contributed by atoms with E-state index >= 15 is 0 Å². The predicted octanol–water partition coefficient (Wildman–Crippen LogP) is 2.06. The van der Waals surface area contributed by atoms with Gasteiger partial charge in [0.1, 0.15) is 0 Å². The number of likely N-dealkylation sites (N-methyl/N-ethyl adjacent to an activating group) is 1. The van der Waals surface area contributed by atoms with Gasteiger partial charge < -0.3 is 14.7 Å². The lowest BCUT2D eigenvalue weighted by atomic mass is 9.94. The summed E-state index contributed by atoms with van der Waals surface area (Å²) in [5.41, 5.74) is -0.195. The third-order valence-electron chi connectivity index (χ3n) is 3.39. The fourth-order valence-corrected chi connectivity index (χ4v) is 2.50. The second-order valence-electron chi connectivity index (χ2n) is 5.00. The second kappa shape index (κ2) is 6.03. The summed E-state index contributed by atoms with van der Waals surface area (Å²) in [7, 11) is 1.72. The highest BCUT2D eigenvalue weighted by atomic mass is 79.9. The molecule has 0 atom stereocenters. The summed E-state index contributed by atoms with van der Waals surface area (Å²) in [4.78, 5) is 13.8. The van der Waals surface area contributed by atoms with Gasteiger partial charge in [-0.15, -0.1) is 0 Å². The number of halogens is 1. The fourth-order valence-electron chi connectivity index (χ4n) is 2.24. The lowest BCUT2D eigenvalue weighted by Gasteiger charge is -2.35. The highest BCUT2D eigenvalue weighted by Crippen LogP contribution is 2.22. The number of rotatable bonds is 3. The summed E-state index contributed by atoms with van der Waals surface area (Å²) in [6.45, 7) is 1.44. The molecule has 1 aliphatic rings. The quantitative estimate of drug-likeness (QED) is 0.924. The van der Waals surface area contributed by atoms with E-state index in [4.69, 9.17) is 4.74 Å². The zero-order valence-corrected chi connectivity index (χ0v) is 12.5. The number of amides is 1. The topological polar surface area (TPSA) is 49.8 Å². The van der Waals surface area contributed by atoms with E-state index in [1.54, 1.807) is 24.1 Å². The summed E-state index contributed by atoms with van der Waals surface area (Å²) < 4.78 is 6.18. The summed E-state index contributed by atoms with van der Waals surface area (Å²) in [6.07, 6.45) is 1.15. The first kappa shape index (κ1) is 14.5. The van der Waals surface area contributed by atoms with Gasteiger partial charge in [0.15, 0.2) is 0 Å². The second-order valence-corrected chi connectivity index (χ2v) is 5.92. The number of hydrogen-bond donors (Lipinski definition) is 1. The molecular weight excluding hydrogens is 310 g/mol. The molecule has 0 aliphatic carbocycles. The van der Waals surface area contributed by atoms with E-state index in [1.807, 2.05) is 12.1 Å². The van der Waals surface area contributed by atoms with Crippen molar-refractivity contribution >= 4 is 21.8 Å². The molecule has 19 heavy (non-hydrogen) atoms. The Labute approximate surface area is 121 Å². The summed E-state index contributed by atoms with van der Waals surface area (Å²) in [6, 6.07) is 7.22. The Bertz CT molecular complexity index is 441. The van der Waals surface area contributed by atoms with E-state index in [1.165, 1.54) is 0 Å². The Morgan fingerprint density at radius 1 is 1.37 bits per heavy atom. The number of carbonyl (C=O) groups excluding carboxylic acids is 1. The molecule has 1 N–H and O–H groups in total. The van der Waals surface area contributed by atoms with Gasteiger partial charge >= 0.3 is 0 Å². The largest absolute Gasteiger partial charge is 0.388 e. The number of carbonyl (C=O) groups is 1. The molecule has 1 aromatic carbocycles. The van der Waals surface area contributed by atoms with Crippen molar-refractivity contribution in [1.29, 1.82) is 0 Å². The minimum Gasteiger partial charge on any atom is -0.388 e. The molecule has 0 aromatic heterocycles. The van der Waals surface area contributed by atoms with E-state index in [0.717, 1.165) is 4.47 Å². The summed E-state index contributed by atoms with van der Waals surface area (Å²) in [5.74, 6) is -0.0765. The average molecular weight is 328 g/mol. The van der Waals surface area contributed by atoms with Gasteiger partial charge in [0.2, 0.25) is 0 Å². The molecule has 104 valence electrons. The van der Waals surface area contributed by atoms with Crippen molar-refractivity contribution in [3.8, 4) is 0 Å². The van der Waals surface area contributed by atoms with Crippen molar-refractivity contribution < 1.29 is 14.6 Å². The standard InChI is InChI=1S/C14H18BrNO3/c1-16(10-14(18)6-8-19-9-7-14)13(17)11-2-4-12(15)5-3-11/h2-5,18H,6-10H2,1H3. The van der Waals surface area contributed by atoms with Crippen LogP contribution in [-0.2, 0) is 4.74 Å². The Hall–Kier alpha value is -0.910. The maximum Gasteiger partial charge on any atom is 0.253 e. The molecule has 1 amide bonds. The number of hydrogen-bond acceptors (Lipinski definition) is 3. The van der Waals surface area contributed by atoms with E-state index in [-0.39, 0.29) is 5.91 Å². The first-order valence-electron chi connectivity index (χ1n) is 6.31. The van der Waals surface area contributed by atoms with Crippen LogP contribution in [0.5, 0.6) is 0 Å². The van der Waals surface area contributed by atoms with Crippen molar-refractivity contribution in [2.24, 2.45) is 0 Å². The van der Waals surface area contributed by atoms with Crippen LogP contribution < -0.4 is 0 Å². The molecule has 0 spiro atoms. The van der Waals surface area contributed by atoms with E-state index in [2.05, 4.69) is 15.9 Å². The fraction of sp³-hybridized carbons (Fsp3) is 0.500. The summed E-state index contributed by atoms with van der Waals surface area (Å²) in [5, 5.41) is 10.4. The molecule has 1 heterocycles. The smallest absolute Gasteiger partial charge is 0.253 e. The van der Waals surface area contributed by atoms with Gasteiger partial charge in [0, 0.05) is 49.7 Å². The zero-order valence-electron chi connectivity index (χ0n) is 10.9. The van der Waals surface area contributed by atoms with Crippen molar-refractivity contribution in [2.45, 2.75) is 18.4 Å². The maximum absolute atomic E-state index is 12.2. The lowest BCUT2D eigenvalue weighted by molar-refractivity contribution is -0.0734. The van der Waals surface area contributed by atoms with Gasteiger partial charge in [-0.05, 0) is 24.3 Å². The number of aliphatic hydroxyl groups is 1. The Morgan fingerprint density at radius 2 is 1.95 bits per heavy atom. The van der Waals surface area contributed by atoms with Gasteiger partial charge in [0.25, 0.3) is 5.91 Å². The van der Waals surface area contributed by atoms with Gasteiger partial charge in [-0.2, -0.15) is 0 Å². The van der Waals surface area contributed by atoms with Crippen LogP contribution in [0.3, 0.4) is 0 Å². The van der Waals surface area contributed by atoms with Crippen LogP contribution in [0.4, 0.5) is 0 Å². The van der Waals surface area contributed by atoms with Gasteiger partial charge in [0.05, 0.1) is 5.60 Å². The van der Waals surface area contributed by atoms with Gasteiger partial charge in [-0.1, -0.05) is 15.9 Å². The minimum absolute atomic E-state index is 0.0765. The molecular formula is C14H18BrNO3. The predicted molar refractivity (Wildman–Crippen MR) is 76.1 cm³/mol. The SMILES string of the molecule is CN(CC1(O)CCOCC1)C(=O)c1ccc(Br)cc1. The first-order chi connectivity index (χ1) is 9.00. The van der Waals surface area contributed by atoms with Crippen LogP contribution in [-0.4, -0.2) is 48.3 Å². The van der Waals surface area contributed by atoms with Crippen LogP contribution in [0.1, 0.15) is 23.2 Å². The monoisotopic (exact) mass is 327 g/mol. The number of ether oxygens (including phenoxy) is 1. The normalized spacial score (nSPS) is 18.1. The van der Waals surface area contributed by atoms with Crippen LogP contribution in [0.25, 0.3) is 0 Å². The number of nitrogens with zero attached hydrogens (tertiary/aromatic N) is 1. The summed E-state index contributed by atoms with van der Waals surface area (Å²) >= 11 is 3.34. The molecule has 1 aliphatic heterocycles. The lowest BCUT2D eigenvalue weighted by Crippen LogP contribution is -2.47. The molecule has 1 fully saturated rings. The average Bonchev–Trinajstić information content (AvgIpc) is 2.39. The Kier molecular flexibility index (Phi) is 4.60. The highest BCUT2D eigenvalue weighted by Gasteiger charge is 2.32. The Morgan fingerprint density at radius 3 is 2.53 bits per heavy atom. The van der Waals surface area contributed by atoms with Crippen LogP contribution in [0, 0.1) is 0 Å². The molecule has 0 saturated carbocycles. The molecule has 0 radical (unpaired) electrons. The van der Waals surface area contributed by atoms with Crippen LogP contribution in [0.2, 0.25) is 0 Å². The molecule has 2 rings (SSSR count). The van der Waals surface area contributed by atoms with E-state index in [9.17, 15) is 9.90 Å². The van der Waals surface area contributed by atoms with Crippen molar-refractivity contribution in [1.82, 2.24) is 4.90 Å². The molecule has 1 saturated heterocycles. The van der Waals surface area contributed by atoms with Gasteiger partial charge in [-0.25, -0.2) is 0 Å². The van der Waals surface area contributed by atoms with Crippen LogP contribution >= 0.6 is 15.9 Å².